The van der Waals surface area contributed by atoms with Crippen molar-refractivity contribution in [3.8, 4) is 5.75 Å². The summed E-state index contributed by atoms with van der Waals surface area (Å²) in [4.78, 5) is 12.4. The van der Waals surface area contributed by atoms with Crippen molar-refractivity contribution in [2.75, 3.05) is 51.9 Å². The Kier molecular flexibility index (Phi) is 5.57. The molecule has 0 saturated carbocycles. The van der Waals surface area contributed by atoms with Gasteiger partial charge in [0.2, 0.25) is 15.9 Å². The van der Waals surface area contributed by atoms with Crippen LogP contribution in [-0.2, 0) is 24.3 Å². The maximum Gasteiger partial charge on any atom is 0.243 e. The second kappa shape index (κ2) is 7.69. The number of benzene rings is 1. The first kappa shape index (κ1) is 18.1. The molecular formula is C16H22N2O6S. The zero-order valence-corrected chi connectivity index (χ0v) is 14.9. The highest BCUT2D eigenvalue weighted by Crippen LogP contribution is 2.30. The molecule has 1 amide bonds. The minimum Gasteiger partial charge on any atom is -0.495 e. The SMILES string of the molecule is COc1ccc(S(=O)(=O)N2CCOCC2)cc1NC(=O)[C@H]1CCOC1. The van der Waals surface area contributed by atoms with Gasteiger partial charge in [0.15, 0.2) is 0 Å². The third kappa shape index (κ3) is 3.95. The van der Waals surface area contributed by atoms with E-state index in [1.54, 1.807) is 6.07 Å². The zero-order chi connectivity index (χ0) is 17.9. The summed E-state index contributed by atoms with van der Waals surface area (Å²) in [6.07, 6.45) is 0.653. The summed E-state index contributed by atoms with van der Waals surface area (Å²) < 4.78 is 42.6. The molecule has 1 atom stereocenters. The lowest BCUT2D eigenvalue weighted by Gasteiger charge is -2.26. The van der Waals surface area contributed by atoms with Crippen molar-refractivity contribution in [3.63, 3.8) is 0 Å². The smallest absolute Gasteiger partial charge is 0.243 e. The number of carbonyl (C=O) groups is 1. The summed E-state index contributed by atoms with van der Waals surface area (Å²) in [7, 11) is -2.17. The third-order valence-electron chi connectivity index (χ3n) is 4.34. The van der Waals surface area contributed by atoms with Crippen molar-refractivity contribution in [1.82, 2.24) is 4.31 Å². The Bertz CT molecular complexity index is 724. The molecule has 0 aliphatic carbocycles. The van der Waals surface area contributed by atoms with Gasteiger partial charge >= 0.3 is 0 Å². The fourth-order valence-corrected chi connectivity index (χ4v) is 4.29. The summed E-state index contributed by atoms with van der Waals surface area (Å²) in [5.74, 6) is -0.0193. The first-order valence-electron chi connectivity index (χ1n) is 8.17. The highest BCUT2D eigenvalue weighted by molar-refractivity contribution is 7.89. The van der Waals surface area contributed by atoms with E-state index in [1.807, 2.05) is 0 Å². The Morgan fingerprint density at radius 2 is 2.00 bits per heavy atom. The molecule has 25 heavy (non-hydrogen) atoms. The monoisotopic (exact) mass is 370 g/mol. The first-order chi connectivity index (χ1) is 12.0. The van der Waals surface area contributed by atoms with E-state index < -0.39 is 10.0 Å². The number of carbonyl (C=O) groups excluding carboxylic acids is 1. The summed E-state index contributed by atoms with van der Waals surface area (Å²) in [5, 5.41) is 2.77. The number of nitrogens with one attached hydrogen (secondary N) is 1. The van der Waals surface area contributed by atoms with Crippen LogP contribution in [0.5, 0.6) is 5.75 Å². The molecule has 1 aromatic carbocycles. The Balaban J connectivity index is 1.85. The van der Waals surface area contributed by atoms with Crippen LogP contribution in [0.3, 0.4) is 0 Å². The highest BCUT2D eigenvalue weighted by Gasteiger charge is 2.28. The molecule has 0 unspecified atom stereocenters. The van der Waals surface area contributed by atoms with E-state index in [1.165, 1.54) is 23.5 Å². The lowest BCUT2D eigenvalue weighted by molar-refractivity contribution is -0.119. The van der Waals surface area contributed by atoms with Gasteiger partial charge < -0.3 is 19.5 Å². The van der Waals surface area contributed by atoms with E-state index in [0.29, 0.717) is 57.4 Å². The molecule has 2 aliphatic rings. The minimum atomic E-state index is -3.64. The topological polar surface area (TPSA) is 94.2 Å². The molecule has 2 aliphatic heterocycles. The number of hydrogen-bond acceptors (Lipinski definition) is 6. The van der Waals surface area contributed by atoms with Crippen molar-refractivity contribution in [2.45, 2.75) is 11.3 Å². The van der Waals surface area contributed by atoms with Crippen molar-refractivity contribution in [1.29, 1.82) is 0 Å². The fraction of sp³-hybridized carbons (Fsp3) is 0.562. The highest BCUT2D eigenvalue weighted by atomic mass is 32.2. The standard InChI is InChI=1S/C16H22N2O6S/c1-22-15-3-2-13(25(20,21)18-5-8-23-9-6-18)10-14(15)17-16(19)12-4-7-24-11-12/h2-3,10,12H,4-9,11H2,1H3,(H,17,19)/t12-/m0/s1. The molecule has 138 valence electrons. The largest absolute Gasteiger partial charge is 0.495 e. The lowest BCUT2D eigenvalue weighted by Crippen LogP contribution is -2.40. The number of rotatable bonds is 5. The first-order valence-corrected chi connectivity index (χ1v) is 9.61. The van der Waals surface area contributed by atoms with Gasteiger partial charge in [0.25, 0.3) is 0 Å². The van der Waals surface area contributed by atoms with Gasteiger partial charge in [-0.25, -0.2) is 8.42 Å². The van der Waals surface area contributed by atoms with Gasteiger partial charge in [-0.1, -0.05) is 0 Å². The average molecular weight is 370 g/mol. The Morgan fingerprint density at radius 3 is 2.64 bits per heavy atom. The predicted octanol–water partition coefficient (Wildman–Crippen LogP) is 0.691. The summed E-state index contributed by atoms with van der Waals surface area (Å²) in [6.45, 7) is 2.31. The van der Waals surface area contributed by atoms with E-state index in [2.05, 4.69) is 5.32 Å². The molecule has 0 aromatic heterocycles. The molecule has 0 spiro atoms. The van der Waals surface area contributed by atoms with Crippen molar-refractivity contribution >= 4 is 21.6 Å². The number of hydrogen-bond donors (Lipinski definition) is 1. The number of morpholine rings is 1. The zero-order valence-electron chi connectivity index (χ0n) is 14.1. The maximum atomic E-state index is 12.8. The van der Waals surface area contributed by atoms with Crippen molar-refractivity contribution in [3.05, 3.63) is 18.2 Å². The molecule has 1 N–H and O–H groups in total. The molecule has 2 heterocycles. The van der Waals surface area contributed by atoms with E-state index in [4.69, 9.17) is 14.2 Å². The normalized spacial score (nSPS) is 21.9. The van der Waals surface area contributed by atoms with Gasteiger partial charge in [0, 0.05) is 19.7 Å². The van der Waals surface area contributed by atoms with E-state index in [0.717, 1.165) is 0 Å². The van der Waals surface area contributed by atoms with Crippen LogP contribution in [-0.4, -0.2) is 65.3 Å². The van der Waals surface area contributed by atoms with Crippen LogP contribution in [0, 0.1) is 5.92 Å². The van der Waals surface area contributed by atoms with Gasteiger partial charge in [0.05, 0.1) is 43.4 Å². The number of nitrogens with zero attached hydrogens (tertiary/aromatic N) is 1. The number of sulfonamides is 1. The van der Waals surface area contributed by atoms with E-state index in [-0.39, 0.29) is 16.7 Å². The molecule has 0 radical (unpaired) electrons. The van der Waals surface area contributed by atoms with E-state index >= 15 is 0 Å². The Morgan fingerprint density at radius 1 is 1.24 bits per heavy atom. The number of amides is 1. The molecule has 1 aromatic rings. The molecular weight excluding hydrogens is 348 g/mol. The predicted molar refractivity (Wildman–Crippen MR) is 90.1 cm³/mol. The molecule has 8 nitrogen and oxygen atoms in total. The summed E-state index contributed by atoms with van der Waals surface area (Å²) >= 11 is 0. The van der Waals surface area contributed by atoms with Crippen LogP contribution in [0.4, 0.5) is 5.69 Å². The second-order valence-corrected chi connectivity index (χ2v) is 7.87. The number of methoxy groups -OCH3 is 1. The van der Waals surface area contributed by atoms with Crippen molar-refractivity contribution < 1.29 is 27.4 Å². The average Bonchev–Trinajstić information content (AvgIpc) is 3.17. The van der Waals surface area contributed by atoms with Crippen LogP contribution >= 0.6 is 0 Å². The van der Waals surface area contributed by atoms with Crippen LogP contribution in [0.15, 0.2) is 23.1 Å². The van der Waals surface area contributed by atoms with Crippen LogP contribution in [0.1, 0.15) is 6.42 Å². The fourth-order valence-electron chi connectivity index (χ4n) is 2.86. The summed E-state index contributed by atoms with van der Waals surface area (Å²) in [6, 6.07) is 4.48. The molecule has 2 fully saturated rings. The molecule has 2 saturated heterocycles. The molecule has 3 rings (SSSR count). The maximum absolute atomic E-state index is 12.8. The van der Waals surface area contributed by atoms with Gasteiger partial charge in [-0.3, -0.25) is 4.79 Å². The van der Waals surface area contributed by atoms with Crippen LogP contribution in [0.25, 0.3) is 0 Å². The lowest BCUT2D eigenvalue weighted by atomic mass is 10.1. The van der Waals surface area contributed by atoms with Gasteiger partial charge in [0.1, 0.15) is 5.75 Å². The van der Waals surface area contributed by atoms with E-state index in [9.17, 15) is 13.2 Å². The van der Waals surface area contributed by atoms with Gasteiger partial charge in [-0.15, -0.1) is 0 Å². The van der Waals surface area contributed by atoms with Crippen molar-refractivity contribution in [2.24, 2.45) is 5.92 Å². The third-order valence-corrected chi connectivity index (χ3v) is 6.23. The minimum absolute atomic E-state index is 0.119. The summed E-state index contributed by atoms with van der Waals surface area (Å²) in [5.41, 5.74) is 0.341. The second-order valence-electron chi connectivity index (χ2n) is 5.93. The quantitative estimate of drug-likeness (QED) is 0.820. The molecule has 0 bridgehead atoms. The van der Waals surface area contributed by atoms with Crippen LogP contribution < -0.4 is 10.1 Å². The number of anilines is 1. The Hall–Kier alpha value is -1.68. The van der Waals surface area contributed by atoms with Gasteiger partial charge in [-0.2, -0.15) is 4.31 Å². The number of ether oxygens (including phenoxy) is 3. The molecule has 9 heteroatoms. The van der Waals surface area contributed by atoms with Gasteiger partial charge in [-0.05, 0) is 24.6 Å². The Labute approximate surface area is 147 Å². The van der Waals surface area contributed by atoms with Crippen LogP contribution in [0.2, 0.25) is 0 Å².